The van der Waals surface area contributed by atoms with Crippen LogP contribution < -0.4 is 0 Å². The molecule has 2 unspecified atom stereocenters. The lowest BCUT2D eigenvalue weighted by Crippen LogP contribution is -2.50. The van der Waals surface area contributed by atoms with E-state index in [1.54, 1.807) is 13.8 Å². The summed E-state index contributed by atoms with van der Waals surface area (Å²) in [4.78, 5) is 55.2. The summed E-state index contributed by atoms with van der Waals surface area (Å²) in [6.45, 7) is 2.63. The Balaban J connectivity index is 2.72. The summed E-state index contributed by atoms with van der Waals surface area (Å²) >= 11 is 0. The van der Waals surface area contributed by atoms with Gasteiger partial charge < -0.3 is 9.47 Å². The van der Waals surface area contributed by atoms with E-state index >= 15 is 0 Å². The molecule has 12 nitrogen and oxygen atoms in total. The monoisotopic (exact) mass is 376 g/mol. The average Bonchev–Trinajstić information content (AvgIpc) is 2.64. The van der Waals surface area contributed by atoms with Gasteiger partial charge in [-0.3, -0.25) is 0 Å². The van der Waals surface area contributed by atoms with E-state index in [0.29, 0.717) is 23.2 Å². The molecule has 0 heterocycles. The van der Waals surface area contributed by atoms with E-state index in [1.165, 1.54) is 0 Å². The number of rotatable bonds is 12. The number of carbonyl (C=O) groups excluding carboxylic acids is 2. The molecule has 12 heteroatoms. The lowest BCUT2D eigenvalue weighted by atomic mass is 9.91. The lowest BCUT2D eigenvalue weighted by molar-refractivity contribution is -0.256. The minimum atomic E-state index is -0.685. The molecule has 0 aromatic rings. The smallest absolute Gasteiger partial charge is 0.334 e. The van der Waals surface area contributed by atoms with E-state index in [4.69, 9.17) is 19.1 Å². The number of hydrogen-bond acceptors (Lipinski definition) is 10. The normalized spacial score (nSPS) is 19.3. The first kappa shape index (κ1) is 21.7. The summed E-state index contributed by atoms with van der Waals surface area (Å²) in [5, 5.41) is 6.97. The zero-order valence-corrected chi connectivity index (χ0v) is 14.9. The molecule has 2 atom stereocenters. The summed E-state index contributed by atoms with van der Waals surface area (Å²) in [6.07, 6.45) is 2.41. The Hall–Kier alpha value is -2.34. The third-order valence-corrected chi connectivity index (χ3v) is 3.66. The summed E-state index contributed by atoms with van der Waals surface area (Å²) < 4.78 is 9.44. The van der Waals surface area contributed by atoms with Crippen molar-refractivity contribution in [3.63, 3.8) is 0 Å². The largest absolute Gasteiger partial charge is 0.464 e. The zero-order chi connectivity index (χ0) is 19.4. The van der Waals surface area contributed by atoms with Gasteiger partial charge in [-0.15, -0.1) is 20.2 Å². The predicted molar refractivity (Wildman–Crippen MR) is 86.5 cm³/mol. The summed E-state index contributed by atoms with van der Waals surface area (Å²) in [7, 11) is 0. The van der Waals surface area contributed by atoms with E-state index < -0.39 is 37.2 Å². The van der Waals surface area contributed by atoms with Crippen molar-refractivity contribution >= 4 is 11.9 Å². The van der Waals surface area contributed by atoms with Gasteiger partial charge in [0, 0.05) is 0 Å². The van der Waals surface area contributed by atoms with Gasteiger partial charge in [0.05, 0.1) is 23.8 Å². The van der Waals surface area contributed by atoms with Crippen molar-refractivity contribution in [1.82, 2.24) is 10.3 Å². The topological polar surface area (TPSA) is 136 Å². The van der Waals surface area contributed by atoms with Gasteiger partial charge in [-0.05, 0) is 26.7 Å². The molecule has 0 bridgehead atoms. The van der Waals surface area contributed by atoms with Crippen LogP contribution in [0.1, 0.15) is 39.5 Å². The van der Waals surface area contributed by atoms with Gasteiger partial charge in [0.1, 0.15) is 12.1 Å². The van der Waals surface area contributed by atoms with Crippen LogP contribution in [0.25, 0.3) is 0 Å². The first-order valence-electron chi connectivity index (χ1n) is 8.39. The van der Waals surface area contributed by atoms with E-state index in [9.17, 15) is 19.4 Å². The van der Waals surface area contributed by atoms with Crippen LogP contribution in [0.5, 0.6) is 0 Å². The molecule has 0 amide bonds. The summed E-state index contributed by atoms with van der Waals surface area (Å²) in [5.41, 5.74) is 0. The van der Waals surface area contributed by atoms with Crippen LogP contribution in [0.2, 0.25) is 0 Å². The highest BCUT2D eigenvalue weighted by Crippen LogP contribution is 2.28. The third kappa shape index (κ3) is 6.88. The Morgan fingerprint density at radius 1 is 0.846 bits per heavy atom. The maximum Gasteiger partial charge on any atom is 0.334 e. The van der Waals surface area contributed by atoms with E-state index in [0.717, 1.165) is 12.8 Å². The summed E-state index contributed by atoms with van der Waals surface area (Å²) in [6, 6.07) is -1.37. The fourth-order valence-corrected chi connectivity index (χ4v) is 2.61. The summed E-state index contributed by atoms with van der Waals surface area (Å²) in [5.74, 6) is -1.31. The minimum absolute atomic E-state index is 0.174. The molecule has 0 spiro atoms. The van der Waals surface area contributed by atoms with Crippen LogP contribution in [-0.4, -0.2) is 60.8 Å². The van der Waals surface area contributed by atoms with E-state index in [-0.39, 0.29) is 13.2 Å². The van der Waals surface area contributed by atoms with Crippen LogP contribution in [0, 0.1) is 9.81 Å². The Kier molecular flexibility index (Phi) is 10.1. The fraction of sp³-hybridized carbons (Fsp3) is 0.857. The minimum Gasteiger partial charge on any atom is -0.464 e. The first-order valence-corrected chi connectivity index (χ1v) is 8.39. The number of hydroxylamine groups is 2. The molecule has 0 aromatic heterocycles. The number of esters is 2. The fourth-order valence-electron chi connectivity index (χ4n) is 2.61. The molecule has 1 aliphatic carbocycles. The molecule has 0 saturated heterocycles. The second-order valence-corrected chi connectivity index (χ2v) is 5.34. The highest BCUT2D eigenvalue weighted by Gasteiger charge is 2.38. The Labute approximate surface area is 150 Å². The zero-order valence-electron chi connectivity index (χ0n) is 14.9. The van der Waals surface area contributed by atoms with Crippen LogP contribution in [-0.2, 0) is 28.7 Å². The van der Waals surface area contributed by atoms with Gasteiger partial charge in [-0.2, -0.15) is 0 Å². The molecule has 1 fully saturated rings. The predicted octanol–water partition coefficient (Wildman–Crippen LogP) is 1.25. The molecule has 1 saturated carbocycles. The highest BCUT2D eigenvalue weighted by molar-refractivity contribution is 5.70. The van der Waals surface area contributed by atoms with Crippen molar-refractivity contribution in [3.8, 4) is 0 Å². The highest BCUT2D eigenvalue weighted by atomic mass is 16.8. The average molecular weight is 376 g/mol. The third-order valence-electron chi connectivity index (χ3n) is 3.66. The van der Waals surface area contributed by atoms with E-state index in [2.05, 4.69) is 10.6 Å². The van der Waals surface area contributed by atoms with Gasteiger partial charge in [0.2, 0.25) is 0 Å². The molecule has 1 rings (SSSR count). The van der Waals surface area contributed by atoms with Gasteiger partial charge in [0.25, 0.3) is 0 Å². The van der Waals surface area contributed by atoms with Crippen LogP contribution in [0.4, 0.5) is 0 Å². The second kappa shape index (κ2) is 12.1. The van der Waals surface area contributed by atoms with Crippen molar-refractivity contribution in [1.29, 1.82) is 0 Å². The number of nitrogens with zero attached hydrogens (tertiary/aromatic N) is 4. The number of carbonyl (C=O) groups is 2. The number of hydrogen-bond donors (Lipinski definition) is 0. The SMILES string of the molecule is CCOC(=O)CON(N=O)C1CCCCC1N(N=O)OCC(=O)OCC. The molecule has 0 radical (unpaired) electrons. The molecule has 26 heavy (non-hydrogen) atoms. The molecule has 1 aliphatic rings. The van der Waals surface area contributed by atoms with Crippen LogP contribution in [0.15, 0.2) is 10.6 Å². The molecule has 0 aliphatic heterocycles. The van der Waals surface area contributed by atoms with Crippen molar-refractivity contribution < 1.29 is 28.7 Å². The molecule has 148 valence electrons. The van der Waals surface area contributed by atoms with Gasteiger partial charge in [-0.1, -0.05) is 12.8 Å². The van der Waals surface area contributed by atoms with Gasteiger partial charge in [0.15, 0.2) is 13.2 Å². The van der Waals surface area contributed by atoms with Gasteiger partial charge in [-0.25, -0.2) is 19.3 Å². The van der Waals surface area contributed by atoms with Gasteiger partial charge >= 0.3 is 11.9 Å². The molecule has 0 N–H and O–H groups in total. The molecular weight excluding hydrogens is 352 g/mol. The maximum absolute atomic E-state index is 11.4. The van der Waals surface area contributed by atoms with Crippen molar-refractivity contribution in [3.05, 3.63) is 9.81 Å². The quantitative estimate of drug-likeness (QED) is 0.278. The first-order chi connectivity index (χ1) is 12.6. The standard InChI is InChI=1S/C14H24N4O8/c1-3-23-13(19)9-25-17(15-21)11-7-5-6-8-12(11)18(16-22)26-10-14(20)24-4-2/h11-12H,3-10H2,1-2H3. The molecule has 0 aromatic carbocycles. The maximum atomic E-state index is 11.4. The molecular formula is C14H24N4O8. The Morgan fingerprint density at radius 2 is 1.23 bits per heavy atom. The van der Waals surface area contributed by atoms with Crippen molar-refractivity contribution in [2.75, 3.05) is 26.4 Å². The van der Waals surface area contributed by atoms with Crippen LogP contribution >= 0.6 is 0 Å². The van der Waals surface area contributed by atoms with Crippen LogP contribution in [0.3, 0.4) is 0 Å². The number of ether oxygens (including phenoxy) is 2. The Bertz CT molecular complexity index is 436. The number of nitroso groups, excluding NO2 is 2. The van der Waals surface area contributed by atoms with E-state index in [1.807, 2.05) is 0 Å². The second-order valence-electron chi connectivity index (χ2n) is 5.34. The lowest BCUT2D eigenvalue weighted by Gasteiger charge is -2.37. The Morgan fingerprint density at radius 3 is 1.54 bits per heavy atom. The van der Waals surface area contributed by atoms with Crippen molar-refractivity contribution in [2.24, 2.45) is 10.6 Å². The van der Waals surface area contributed by atoms with Crippen molar-refractivity contribution in [2.45, 2.75) is 51.6 Å².